The van der Waals surface area contributed by atoms with Crippen LogP contribution in [0.4, 0.5) is 22.0 Å². The van der Waals surface area contributed by atoms with Crippen molar-refractivity contribution < 1.29 is 55.3 Å². The zero-order valence-electron chi connectivity index (χ0n) is 15.9. The monoisotopic (exact) mass is 444 g/mol. The Morgan fingerprint density at radius 2 is 1.60 bits per heavy atom. The van der Waals surface area contributed by atoms with E-state index in [1.165, 1.54) is 6.08 Å². The first kappa shape index (κ1) is 25.5. The summed E-state index contributed by atoms with van der Waals surface area (Å²) in [7, 11) is 0. The molecule has 0 spiro atoms. The van der Waals surface area contributed by atoms with Crippen LogP contribution in [0, 0.1) is 0 Å². The number of rotatable bonds is 11. The maximum Gasteiger partial charge on any atom is 0.422 e. The van der Waals surface area contributed by atoms with E-state index in [0.29, 0.717) is 0 Å². The van der Waals surface area contributed by atoms with Crippen LogP contribution in [-0.4, -0.2) is 62.0 Å². The number of carbonyl (C=O) groups excluding carboxylic acids is 3. The van der Waals surface area contributed by atoms with E-state index in [0.717, 1.165) is 0 Å². The largest absolute Gasteiger partial charge is 0.451 e. The second-order valence-electron chi connectivity index (χ2n) is 6.42. The van der Waals surface area contributed by atoms with E-state index in [4.69, 9.17) is 9.47 Å². The van der Waals surface area contributed by atoms with Crippen molar-refractivity contribution in [1.82, 2.24) is 0 Å². The molecular formula is C18H21F5O7. The molecule has 0 amide bonds. The van der Waals surface area contributed by atoms with Crippen molar-refractivity contribution >= 4 is 17.9 Å². The molecule has 0 aromatic rings. The van der Waals surface area contributed by atoms with Gasteiger partial charge in [-0.05, 0) is 25.7 Å². The van der Waals surface area contributed by atoms with Gasteiger partial charge in [0.1, 0.15) is 0 Å². The van der Waals surface area contributed by atoms with Crippen LogP contribution in [0.2, 0.25) is 0 Å². The minimum absolute atomic E-state index is 0.121. The highest BCUT2D eigenvalue weighted by Gasteiger charge is 2.64. The van der Waals surface area contributed by atoms with Gasteiger partial charge in [0, 0.05) is 0 Å². The fourth-order valence-electron chi connectivity index (χ4n) is 2.65. The van der Waals surface area contributed by atoms with Crippen LogP contribution < -0.4 is 0 Å². The van der Waals surface area contributed by atoms with E-state index < -0.39 is 61.7 Å². The molecule has 0 radical (unpaired) electrons. The normalized spacial score (nSPS) is 15.9. The van der Waals surface area contributed by atoms with E-state index in [-0.39, 0.29) is 31.6 Å². The van der Waals surface area contributed by atoms with Crippen molar-refractivity contribution in [3.05, 3.63) is 24.8 Å². The van der Waals surface area contributed by atoms with Gasteiger partial charge in [-0.25, -0.2) is 14.4 Å². The number of esters is 3. The van der Waals surface area contributed by atoms with E-state index in [1.807, 2.05) is 0 Å². The Labute approximate surface area is 168 Å². The summed E-state index contributed by atoms with van der Waals surface area (Å²) >= 11 is 0. The summed E-state index contributed by atoms with van der Waals surface area (Å²) in [5.74, 6) is -9.45. The van der Waals surface area contributed by atoms with E-state index >= 15 is 0 Å². The number of carbonyl (C=O) groups is 3. The van der Waals surface area contributed by atoms with Crippen molar-refractivity contribution in [1.29, 1.82) is 0 Å². The molecule has 1 aliphatic carbocycles. The Bertz CT molecular complexity index is 666. The van der Waals surface area contributed by atoms with Crippen LogP contribution in [-0.2, 0) is 33.3 Å². The molecule has 0 bridgehead atoms. The summed E-state index contributed by atoms with van der Waals surface area (Å²) in [6.07, 6.45) is -4.29. The quantitative estimate of drug-likeness (QED) is 0.121. The average Bonchev–Trinajstić information content (AvgIpc) is 3.13. The van der Waals surface area contributed by atoms with Crippen molar-refractivity contribution in [2.75, 3.05) is 26.4 Å². The lowest BCUT2D eigenvalue weighted by Crippen LogP contribution is -2.55. The van der Waals surface area contributed by atoms with Gasteiger partial charge in [0.25, 0.3) is 0 Å². The summed E-state index contributed by atoms with van der Waals surface area (Å²) in [5, 5.41) is 0. The summed E-state index contributed by atoms with van der Waals surface area (Å²) in [5.41, 5.74) is -2.86. The van der Waals surface area contributed by atoms with Gasteiger partial charge in [-0.15, -0.1) is 6.58 Å². The molecule has 12 heteroatoms. The summed E-state index contributed by atoms with van der Waals surface area (Å²) < 4.78 is 83.4. The molecule has 170 valence electrons. The highest BCUT2D eigenvalue weighted by molar-refractivity contribution is 5.89. The van der Waals surface area contributed by atoms with Crippen molar-refractivity contribution in [3.63, 3.8) is 0 Å². The van der Waals surface area contributed by atoms with Crippen molar-refractivity contribution in [2.45, 2.75) is 43.4 Å². The van der Waals surface area contributed by atoms with Crippen LogP contribution in [0.1, 0.15) is 25.7 Å². The van der Waals surface area contributed by atoms with Gasteiger partial charge in [0.15, 0.2) is 18.8 Å². The Kier molecular flexibility index (Phi) is 8.94. The highest BCUT2D eigenvalue weighted by atomic mass is 19.4. The van der Waals surface area contributed by atoms with Gasteiger partial charge in [0.2, 0.25) is 0 Å². The predicted molar refractivity (Wildman–Crippen MR) is 90.4 cm³/mol. The standard InChI is InChI=1S/C18H21F5O7/c1-3-8-27-9-12(2)14(25)28-10-13(24)30-16(6-4-5-7-16)18(22,23)15(26)29-11-17(19,20)21/h3H,1-2,4-11H2. The van der Waals surface area contributed by atoms with Crippen LogP contribution in [0.25, 0.3) is 0 Å². The zero-order valence-corrected chi connectivity index (χ0v) is 15.9. The molecular weight excluding hydrogens is 423 g/mol. The lowest BCUT2D eigenvalue weighted by atomic mass is 9.93. The fraction of sp³-hybridized carbons (Fsp3) is 0.611. The maximum atomic E-state index is 14.5. The molecule has 0 aromatic heterocycles. The molecule has 0 aliphatic heterocycles. The third kappa shape index (κ3) is 7.08. The van der Waals surface area contributed by atoms with Gasteiger partial charge in [-0.1, -0.05) is 12.7 Å². The maximum absolute atomic E-state index is 14.5. The first-order valence-electron chi connectivity index (χ1n) is 8.72. The van der Waals surface area contributed by atoms with Gasteiger partial charge in [0.05, 0.1) is 18.8 Å². The SMILES string of the molecule is C=CCOCC(=C)C(=O)OCC(=O)OC1(C(F)(F)C(=O)OCC(F)(F)F)CCCC1. The second kappa shape index (κ2) is 10.5. The molecule has 1 aliphatic rings. The molecule has 1 rings (SSSR count). The third-order valence-electron chi connectivity index (χ3n) is 4.04. The number of ether oxygens (including phenoxy) is 4. The number of hydrogen-bond acceptors (Lipinski definition) is 7. The highest BCUT2D eigenvalue weighted by Crippen LogP contribution is 2.46. The average molecular weight is 444 g/mol. The van der Waals surface area contributed by atoms with Crippen molar-refractivity contribution in [2.24, 2.45) is 0 Å². The lowest BCUT2D eigenvalue weighted by molar-refractivity contribution is -0.237. The van der Waals surface area contributed by atoms with Crippen molar-refractivity contribution in [3.8, 4) is 0 Å². The number of hydrogen-bond donors (Lipinski definition) is 0. The van der Waals surface area contributed by atoms with E-state index in [1.54, 1.807) is 0 Å². The molecule has 0 N–H and O–H groups in total. The number of halogens is 5. The van der Waals surface area contributed by atoms with Gasteiger partial charge in [-0.2, -0.15) is 22.0 Å². The first-order valence-corrected chi connectivity index (χ1v) is 8.72. The Morgan fingerprint density at radius 3 is 2.13 bits per heavy atom. The lowest BCUT2D eigenvalue weighted by Gasteiger charge is -2.34. The minimum Gasteiger partial charge on any atom is -0.451 e. The Morgan fingerprint density at radius 1 is 1.00 bits per heavy atom. The van der Waals surface area contributed by atoms with Gasteiger partial charge in [-0.3, -0.25) is 0 Å². The molecule has 1 fully saturated rings. The van der Waals surface area contributed by atoms with E-state index in [2.05, 4.69) is 22.6 Å². The molecule has 0 aromatic carbocycles. The topological polar surface area (TPSA) is 88.1 Å². The molecule has 1 saturated carbocycles. The zero-order chi connectivity index (χ0) is 23.0. The molecule has 0 saturated heterocycles. The smallest absolute Gasteiger partial charge is 0.422 e. The Balaban J connectivity index is 2.72. The van der Waals surface area contributed by atoms with Gasteiger partial charge >= 0.3 is 30.0 Å². The summed E-state index contributed by atoms with van der Waals surface area (Å²) in [6, 6.07) is 0. The fourth-order valence-corrected chi connectivity index (χ4v) is 2.65. The number of alkyl halides is 5. The molecule has 0 unspecified atom stereocenters. The predicted octanol–water partition coefficient (Wildman–Crippen LogP) is 2.89. The summed E-state index contributed by atoms with van der Waals surface area (Å²) in [4.78, 5) is 35.2. The van der Waals surface area contributed by atoms with Crippen LogP contribution in [0.3, 0.4) is 0 Å². The third-order valence-corrected chi connectivity index (χ3v) is 4.04. The van der Waals surface area contributed by atoms with Crippen LogP contribution in [0.15, 0.2) is 24.8 Å². The molecule has 0 heterocycles. The second-order valence-corrected chi connectivity index (χ2v) is 6.42. The van der Waals surface area contributed by atoms with Gasteiger partial charge < -0.3 is 18.9 Å². The molecule has 7 nitrogen and oxygen atoms in total. The first-order chi connectivity index (χ1) is 13.8. The van der Waals surface area contributed by atoms with Crippen LogP contribution >= 0.6 is 0 Å². The van der Waals surface area contributed by atoms with Crippen LogP contribution in [0.5, 0.6) is 0 Å². The van der Waals surface area contributed by atoms with E-state index in [9.17, 15) is 36.3 Å². The minimum atomic E-state index is -5.00. The molecule has 0 atom stereocenters. The summed E-state index contributed by atoms with van der Waals surface area (Å²) in [6.45, 7) is 3.36. The Hall–Kier alpha value is -2.50. The molecule has 30 heavy (non-hydrogen) atoms.